The Morgan fingerprint density at radius 3 is 2.58 bits per heavy atom. The van der Waals surface area contributed by atoms with E-state index in [4.69, 9.17) is 16.3 Å². The highest BCUT2D eigenvalue weighted by Crippen LogP contribution is 2.31. The Hall–Kier alpha value is -2.25. The van der Waals surface area contributed by atoms with Gasteiger partial charge in [-0.2, -0.15) is 9.36 Å². The first-order chi connectivity index (χ1) is 12.4. The van der Waals surface area contributed by atoms with Crippen LogP contribution in [0.1, 0.15) is 16.7 Å². The molecule has 3 aromatic rings. The molecule has 0 aliphatic heterocycles. The third-order valence-corrected chi connectivity index (χ3v) is 5.32. The molecule has 0 saturated heterocycles. The Bertz CT molecular complexity index is 1010. The van der Waals surface area contributed by atoms with Crippen LogP contribution in [0, 0.1) is 13.8 Å². The monoisotopic (exact) mass is 390 g/mol. The van der Waals surface area contributed by atoms with Crippen LogP contribution in [0.5, 0.6) is 5.75 Å². The number of hydrogen-bond donors (Lipinski definition) is 0. The zero-order valence-corrected chi connectivity index (χ0v) is 16.6. The summed E-state index contributed by atoms with van der Waals surface area (Å²) in [6.07, 6.45) is 1.98. The maximum Gasteiger partial charge on any atom is 0.368 e. The number of ether oxygens (including phenoxy) is 1. The van der Waals surface area contributed by atoms with Crippen LogP contribution in [-0.2, 0) is 13.7 Å². The van der Waals surface area contributed by atoms with Crippen LogP contribution < -0.4 is 10.4 Å². The van der Waals surface area contributed by atoms with Gasteiger partial charge >= 0.3 is 5.69 Å². The summed E-state index contributed by atoms with van der Waals surface area (Å²) in [5.41, 5.74) is 3.41. The first-order valence-corrected chi connectivity index (χ1v) is 9.57. The Labute approximate surface area is 160 Å². The lowest BCUT2D eigenvalue weighted by atomic mass is 10.1. The average molecular weight is 391 g/mol. The molecule has 0 saturated carbocycles. The van der Waals surface area contributed by atoms with Crippen molar-refractivity contribution in [3.63, 3.8) is 0 Å². The molecule has 0 amide bonds. The van der Waals surface area contributed by atoms with E-state index in [2.05, 4.69) is 10.4 Å². The van der Waals surface area contributed by atoms with E-state index in [1.165, 1.54) is 9.36 Å². The van der Waals surface area contributed by atoms with Crippen molar-refractivity contribution in [2.24, 2.45) is 7.05 Å². The molecule has 1 aromatic heterocycles. The van der Waals surface area contributed by atoms with E-state index in [0.717, 1.165) is 21.6 Å². The van der Waals surface area contributed by atoms with Gasteiger partial charge in [0.25, 0.3) is 0 Å². The fourth-order valence-electron chi connectivity index (χ4n) is 2.57. The van der Waals surface area contributed by atoms with Crippen LogP contribution in [0.2, 0.25) is 5.02 Å². The van der Waals surface area contributed by atoms with Gasteiger partial charge in [0.05, 0.1) is 10.7 Å². The SMILES string of the molecule is CSc1cccc(-n2nnn(C)c2=O)c1COc1cc(C)c(C)cc1Cl. The van der Waals surface area contributed by atoms with E-state index >= 15 is 0 Å². The van der Waals surface area contributed by atoms with Gasteiger partial charge < -0.3 is 4.74 Å². The number of thioether (sulfide) groups is 1. The van der Waals surface area contributed by atoms with Gasteiger partial charge in [0.2, 0.25) is 0 Å². The van der Waals surface area contributed by atoms with E-state index in [-0.39, 0.29) is 12.3 Å². The molecule has 8 heteroatoms. The van der Waals surface area contributed by atoms with Crippen LogP contribution >= 0.6 is 23.4 Å². The summed E-state index contributed by atoms with van der Waals surface area (Å²) >= 11 is 7.89. The highest BCUT2D eigenvalue weighted by molar-refractivity contribution is 7.98. The molecule has 0 aliphatic rings. The molecule has 2 aromatic carbocycles. The molecule has 6 nitrogen and oxygen atoms in total. The molecule has 3 rings (SSSR count). The van der Waals surface area contributed by atoms with Gasteiger partial charge in [0.15, 0.2) is 0 Å². The third-order valence-electron chi connectivity index (χ3n) is 4.20. The van der Waals surface area contributed by atoms with Crippen molar-refractivity contribution in [1.82, 2.24) is 19.8 Å². The Kier molecular flexibility index (Phi) is 5.38. The lowest BCUT2D eigenvalue weighted by Gasteiger charge is -2.15. The molecular weight excluding hydrogens is 372 g/mol. The number of tetrazole rings is 1. The van der Waals surface area contributed by atoms with Crippen molar-refractivity contribution in [3.05, 3.63) is 62.5 Å². The number of halogens is 1. The number of aromatic nitrogens is 4. The summed E-state index contributed by atoms with van der Waals surface area (Å²) in [5, 5.41) is 8.30. The Morgan fingerprint density at radius 1 is 1.19 bits per heavy atom. The number of nitrogens with zero attached hydrogens (tertiary/aromatic N) is 4. The summed E-state index contributed by atoms with van der Waals surface area (Å²) in [5.74, 6) is 0.614. The van der Waals surface area contributed by atoms with Gasteiger partial charge in [-0.05, 0) is 65.9 Å². The van der Waals surface area contributed by atoms with E-state index < -0.39 is 0 Å². The zero-order valence-electron chi connectivity index (χ0n) is 15.0. The first kappa shape index (κ1) is 18.5. The second-order valence-electron chi connectivity index (χ2n) is 5.91. The predicted molar refractivity (Wildman–Crippen MR) is 104 cm³/mol. The molecule has 0 radical (unpaired) electrons. The largest absolute Gasteiger partial charge is 0.487 e. The molecule has 26 heavy (non-hydrogen) atoms. The molecule has 0 fully saturated rings. The minimum absolute atomic E-state index is 0.261. The second kappa shape index (κ2) is 7.55. The average Bonchev–Trinajstić information content (AvgIpc) is 2.95. The van der Waals surface area contributed by atoms with Gasteiger partial charge in [-0.15, -0.1) is 11.8 Å². The molecule has 0 atom stereocenters. The standard InChI is InChI=1S/C18H19ClN4O2S/c1-11-8-14(19)16(9-12(11)2)25-10-13-15(6-5-7-17(13)26-4)23-18(24)22(3)20-21-23/h5-9H,10H2,1-4H3. The predicted octanol–water partition coefficient (Wildman–Crippen LogP) is 3.54. The topological polar surface area (TPSA) is 61.9 Å². The highest BCUT2D eigenvalue weighted by atomic mass is 35.5. The van der Waals surface area contributed by atoms with Gasteiger partial charge in [0, 0.05) is 17.5 Å². The Morgan fingerprint density at radius 2 is 1.92 bits per heavy atom. The van der Waals surface area contributed by atoms with Gasteiger partial charge in [-0.3, -0.25) is 0 Å². The lowest BCUT2D eigenvalue weighted by molar-refractivity contribution is 0.302. The number of hydrogen-bond acceptors (Lipinski definition) is 5. The molecule has 1 heterocycles. The van der Waals surface area contributed by atoms with Gasteiger partial charge in [-0.25, -0.2) is 4.79 Å². The van der Waals surface area contributed by atoms with Crippen molar-refractivity contribution in [2.75, 3.05) is 6.26 Å². The second-order valence-corrected chi connectivity index (χ2v) is 7.17. The van der Waals surface area contributed by atoms with Crippen molar-refractivity contribution >= 4 is 23.4 Å². The fourth-order valence-corrected chi connectivity index (χ4v) is 3.47. The molecule has 0 N–H and O–H groups in total. The summed E-state index contributed by atoms with van der Waals surface area (Å²) < 4.78 is 8.46. The number of rotatable bonds is 5. The van der Waals surface area contributed by atoms with Crippen LogP contribution in [0.15, 0.2) is 40.0 Å². The molecule has 0 aliphatic carbocycles. The van der Waals surface area contributed by atoms with Crippen molar-refractivity contribution in [3.8, 4) is 11.4 Å². The van der Waals surface area contributed by atoms with Crippen molar-refractivity contribution in [2.45, 2.75) is 25.3 Å². The number of aryl methyl sites for hydroxylation is 3. The highest BCUT2D eigenvalue weighted by Gasteiger charge is 2.16. The summed E-state index contributed by atoms with van der Waals surface area (Å²) in [7, 11) is 1.56. The lowest BCUT2D eigenvalue weighted by Crippen LogP contribution is -2.23. The van der Waals surface area contributed by atoms with Crippen molar-refractivity contribution in [1.29, 1.82) is 0 Å². The van der Waals surface area contributed by atoms with Gasteiger partial charge in [0.1, 0.15) is 12.4 Å². The maximum absolute atomic E-state index is 12.3. The van der Waals surface area contributed by atoms with Crippen LogP contribution in [-0.4, -0.2) is 26.0 Å². The van der Waals surface area contributed by atoms with E-state index in [1.54, 1.807) is 18.8 Å². The van der Waals surface area contributed by atoms with Crippen molar-refractivity contribution < 1.29 is 4.74 Å². The van der Waals surface area contributed by atoms with Crippen LogP contribution in [0.25, 0.3) is 5.69 Å². The van der Waals surface area contributed by atoms with E-state index in [9.17, 15) is 4.79 Å². The van der Waals surface area contributed by atoms with E-state index in [1.807, 2.05) is 50.4 Å². The van der Waals surface area contributed by atoms with E-state index in [0.29, 0.717) is 16.5 Å². The summed E-state index contributed by atoms with van der Waals surface area (Å²) in [6, 6.07) is 9.51. The minimum Gasteiger partial charge on any atom is -0.487 e. The number of benzene rings is 2. The third kappa shape index (κ3) is 3.50. The normalized spacial score (nSPS) is 11.0. The van der Waals surface area contributed by atoms with Gasteiger partial charge in [-0.1, -0.05) is 17.7 Å². The molecular formula is C18H19ClN4O2S. The smallest absolute Gasteiger partial charge is 0.368 e. The summed E-state index contributed by atoms with van der Waals surface area (Å²) in [4.78, 5) is 13.3. The first-order valence-electron chi connectivity index (χ1n) is 7.97. The maximum atomic E-state index is 12.3. The fraction of sp³-hybridized carbons (Fsp3) is 0.278. The Balaban J connectivity index is 2.01. The summed E-state index contributed by atoms with van der Waals surface area (Å²) in [6.45, 7) is 4.28. The minimum atomic E-state index is -0.311. The zero-order chi connectivity index (χ0) is 18.8. The molecule has 0 unspecified atom stereocenters. The molecule has 0 spiro atoms. The quantitative estimate of drug-likeness (QED) is 0.623. The molecule has 136 valence electrons. The van der Waals surface area contributed by atoms with Crippen LogP contribution in [0.4, 0.5) is 0 Å². The molecule has 0 bridgehead atoms. The van der Waals surface area contributed by atoms with Crippen LogP contribution in [0.3, 0.4) is 0 Å².